The van der Waals surface area contributed by atoms with Crippen molar-refractivity contribution in [2.24, 2.45) is 0 Å². The SMILES string of the molecule is CC1CN(C2CCN(c3ncnc4ccsc34)CC2)CCO1. The van der Waals surface area contributed by atoms with E-state index < -0.39 is 0 Å². The Balaban J connectivity index is 1.44. The molecule has 2 aromatic heterocycles. The van der Waals surface area contributed by atoms with Crippen LogP contribution in [0.4, 0.5) is 5.82 Å². The first-order chi connectivity index (χ1) is 10.8. The Labute approximate surface area is 134 Å². The minimum atomic E-state index is 0.374. The molecule has 0 saturated carbocycles. The first kappa shape index (κ1) is 14.4. The molecule has 22 heavy (non-hydrogen) atoms. The van der Waals surface area contributed by atoms with Gasteiger partial charge in [-0.15, -0.1) is 11.3 Å². The molecule has 4 heterocycles. The second-order valence-corrected chi connectivity index (χ2v) is 7.14. The third-order valence-electron chi connectivity index (χ3n) is 4.78. The highest BCUT2D eigenvalue weighted by atomic mass is 32.1. The van der Waals surface area contributed by atoms with Crippen molar-refractivity contribution in [3.8, 4) is 0 Å². The molecule has 0 spiro atoms. The molecule has 0 aliphatic carbocycles. The molecule has 0 amide bonds. The molecular formula is C16H22N4OS. The van der Waals surface area contributed by atoms with E-state index in [1.54, 1.807) is 17.7 Å². The molecule has 0 N–H and O–H groups in total. The van der Waals surface area contributed by atoms with Gasteiger partial charge in [-0.1, -0.05) is 0 Å². The summed E-state index contributed by atoms with van der Waals surface area (Å²) in [5.41, 5.74) is 1.07. The third kappa shape index (κ3) is 2.71. The van der Waals surface area contributed by atoms with Crippen molar-refractivity contribution in [2.45, 2.75) is 31.9 Å². The van der Waals surface area contributed by atoms with Gasteiger partial charge in [-0.2, -0.15) is 0 Å². The fourth-order valence-electron chi connectivity index (χ4n) is 3.62. The van der Waals surface area contributed by atoms with Crippen LogP contribution in [0.1, 0.15) is 19.8 Å². The van der Waals surface area contributed by atoms with Crippen molar-refractivity contribution in [1.82, 2.24) is 14.9 Å². The second kappa shape index (κ2) is 6.10. The maximum absolute atomic E-state index is 5.66. The number of rotatable bonds is 2. The molecule has 4 rings (SSSR count). The van der Waals surface area contributed by atoms with Gasteiger partial charge >= 0.3 is 0 Å². The Morgan fingerprint density at radius 1 is 1.23 bits per heavy atom. The lowest BCUT2D eigenvalue weighted by atomic mass is 10.0. The van der Waals surface area contributed by atoms with Crippen LogP contribution in [-0.2, 0) is 4.74 Å². The molecule has 6 heteroatoms. The number of ether oxygens (including phenoxy) is 1. The molecule has 2 saturated heterocycles. The summed E-state index contributed by atoms with van der Waals surface area (Å²) < 4.78 is 6.88. The van der Waals surface area contributed by atoms with Crippen LogP contribution in [0.2, 0.25) is 0 Å². The van der Waals surface area contributed by atoms with E-state index in [0.29, 0.717) is 12.1 Å². The largest absolute Gasteiger partial charge is 0.376 e. The number of aromatic nitrogens is 2. The average molecular weight is 318 g/mol. The van der Waals surface area contributed by atoms with Crippen LogP contribution in [0, 0.1) is 0 Å². The number of hydrogen-bond acceptors (Lipinski definition) is 6. The standard InChI is InChI=1S/C16H22N4OS/c1-12-10-20(7-8-21-12)13-2-5-19(6-3-13)16-15-14(4-9-22-15)17-11-18-16/h4,9,11-13H,2-3,5-8,10H2,1H3. The van der Waals surface area contributed by atoms with Crippen LogP contribution < -0.4 is 4.90 Å². The minimum Gasteiger partial charge on any atom is -0.376 e. The number of fused-ring (bicyclic) bond motifs is 1. The monoisotopic (exact) mass is 318 g/mol. The first-order valence-corrected chi connectivity index (χ1v) is 8.98. The summed E-state index contributed by atoms with van der Waals surface area (Å²) in [4.78, 5) is 13.9. The fourth-order valence-corrected chi connectivity index (χ4v) is 4.48. The lowest BCUT2D eigenvalue weighted by molar-refractivity contribution is -0.0373. The van der Waals surface area contributed by atoms with E-state index in [9.17, 15) is 0 Å². The summed E-state index contributed by atoms with van der Waals surface area (Å²) in [6, 6.07) is 2.77. The maximum atomic E-state index is 5.66. The van der Waals surface area contributed by atoms with Crippen LogP contribution >= 0.6 is 11.3 Å². The van der Waals surface area contributed by atoms with Crippen molar-refractivity contribution in [2.75, 3.05) is 37.7 Å². The molecule has 5 nitrogen and oxygen atoms in total. The molecule has 0 bridgehead atoms. The van der Waals surface area contributed by atoms with E-state index in [-0.39, 0.29) is 0 Å². The van der Waals surface area contributed by atoms with Crippen LogP contribution in [0.25, 0.3) is 10.2 Å². The lowest BCUT2D eigenvalue weighted by Crippen LogP contribution is -2.51. The van der Waals surface area contributed by atoms with Gasteiger partial charge in [0, 0.05) is 32.2 Å². The van der Waals surface area contributed by atoms with Crippen LogP contribution in [0.15, 0.2) is 17.8 Å². The number of morpholine rings is 1. The van der Waals surface area contributed by atoms with Crippen molar-refractivity contribution >= 4 is 27.4 Å². The average Bonchev–Trinajstić information content (AvgIpc) is 3.04. The Bertz CT molecular complexity index is 638. The molecule has 2 aromatic rings. The van der Waals surface area contributed by atoms with Crippen LogP contribution in [0.5, 0.6) is 0 Å². The predicted octanol–water partition coefficient (Wildman–Crippen LogP) is 2.38. The fraction of sp³-hybridized carbons (Fsp3) is 0.625. The summed E-state index contributed by atoms with van der Waals surface area (Å²) in [7, 11) is 0. The summed E-state index contributed by atoms with van der Waals surface area (Å²) in [6.07, 6.45) is 4.49. The van der Waals surface area contributed by atoms with Crippen molar-refractivity contribution in [3.63, 3.8) is 0 Å². The van der Waals surface area contributed by atoms with Gasteiger partial charge in [0.05, 0.1) is 22.9 Å². The quantitative estimate of drug-likeness (QED) is 0.850. The van der Waals surface area contributed by atoms with Gasteiger partial charge in [0.25, 0.3) is 0 Å². The zero-order valence-electron chi connectivity index (χ0n) is 12.9. The number of hydrogen-bond donors (Lipinski definition) is 0. The van der Waals surface area contributed by atoms with Gasteiger partial charge in [0.15, 0.2) is 0 Å². The van der Waals surface area contributed by atoms with E-state index in [0.717, 1.165) is 44.1 Å². The van der Waals surface area contributed by atoms with Crippen molar-refractivity contribution in [3.05, 3.63) is 17.8 Å². The molecule has 0 aromatic carbocycles. The molecule has 2 fully saturated rings. The van der Waals surface area contributed by atoms with Crippen molar-refractivity contribution < 1.29 is 4.74 Å². The molecule has 1 atom stereocenters. The van der Waals surface area contributed by atoms with Gasteiger partial charge < -0.3 is 9.64 Å². The molecule has 2 aliphatic rings. The summed E-state index contributed by atoms with van der Waals surface area (Å²) in [6.45, 7) is 7.38. The molecule has 1 unspecified atom stereocenters. The van der Waals surface area contributed by atoms with Gasteiger partial charge in [0.2, 0.25) is 0 Å². The van der Waals surface area contributed by atoms with E-state index >= 15 is 0 Å². The highest BCUT2D eigenvalue weighted by Gasteiger charge is 2.28. The number of piperidine rings is 1. The molecular weight excluding hydrogens is 296 g/mol. The van der Waals surface area contributed by atoms with Gasteiger partial charge in [0.1, 0.15) is 12.1 Å². The lowest BCUT2D eigenvalue weighted by Gasteiger charge is -2.42. The molecule has 2 aliphatic heterocycles. The summed E-state index contributed by atoms with van der Waals surface area (Å²) in [5, 5.41) is 2.10. The Kier molecular flexibility index (Phi) is 3.98. The Morgan fingerprint density at radius 2 is 2.09 bits per heavy atom. The van der Waals surface area contributed by atoms with Crippen LogP contribution in [-0.4, -0.2) is 59.8 Å². The highest BCUT2D eigenvalue weighted by Crippen LogP contribution is 2.30. The topological polar surface area (TPSA) is 41.5 Å². The maximum Gasteiger partial charge on any atom is 0.150 e. The highest BCUT2D eigenvalue weighted by molar-refractivity contribution is 7.17. The van der Waals surface area contributed by atoms with Gasteiger partial charge in [-0.3, -0.25) is 4.90 Å². The number of nitrogens with zero attached hydrogens (tertiary/aromatic N) is 4. The van der Waals surface area contributed by atoms with Crippen LogP contribution in [0.3, 0.4) is 0 Å². The summed E-state index contributed by atoms with van der Waals surface area (Å²) in [5.74, 6) is 1.12. The zero-order chi connectivity index (χ0) is 14.9. The third-order valence-corrected chi connectivity index (χ3v) is 5.68. The van der Waals surface area contributed by atoms with E-state index in [1.165, 1.54) is 17.5 Å². The summed E-state index contributed by atoms with van der Waals surface area (Å²) >= 11 is 1.74. The smallest absolute Gasteiger partial charge is 0.150 e. The zero-order valence-corrected chi connectivity index (χ0v) is 13.8. The number of anilines is 1. The Hall–Kier alpha value is -1.24. The van der Waals surface area contributed by atoms with E-state index in [2.05, 4.69) is 38.1 Å². The normalized spacial score (nSPS) is 25.0. The minimum absolute atomic E-state index is 0.374. The first-order valence-electron chi connectivity index (χ1n) is 8.10. The second-order valence-electron chi connectivity index (χ2n) is 6.23. The van der Waals surface area contributed by atoms with Gasteiger partial charge in [-0.25, -0.2) is 9.97 Å². The van der Waals surface area contributed by atoms with E-state index in [1.807, 2.05) is 0 Å². The number of thiophene rings is 1. The Morgan fingerprint density at radius 3 is 2.91 bits per heavy atom. The molecule has 0 radical (unpaired) electrons. The van der Waals surface area contributed by atoms with Crippen molar-refractivity contribution in [1.29, 1.82) is 0 Å². The van der Waals surface area contributed by atoms with E-state index in [4.69, 9.17) is 4.74 Å². The van der Waals surface area contributed by atoms with Gasteiger partial charge in [-0.05, 0) is 31.2 Å². The predicted molar refractivity (Wildman–Crippen MR) is 89.6 cm³/mol. The molecule has 118 valence electrons.